The van der Waals surface area contributed by atoms with Crippen molar-refractivity contribution in [3.8, 4) is 0 Å². The fourth-order valence-electron chi connectivity index (χ4n) is 2.46. The van der Waals surface area contributed by atoms with Crippen LogP contribution in [0.15, 0.2) is 24.3 Å². The molecule has 0 aliphatic carbocycles. The molecule has 2 aromatic rings. The summed E-state index contributed by atoms with van der Waals surface area (Å²) in [6.07, 6.45) is 0. The predicted octanol–water partition coefficient (Wildman–Crippen LogP) is 2.00. The van der Waals surface area contributed by atoms with E-state index in [1.165, 1.54) is 0 Å². The molecule has 0 N–H and O–H groups in total. The smallest absolute Gasteiger partial charge is 0.294 e. The van der Waals surface area contributed by atoms with E-state index in [2.05, 4.69) is 4.98 Å². The van der Waals surface area contributed by atoms with E-state index in [0.29, 0.717) is 48.0 Å². The van der Waals surface area contributed by atoms with Crippen LogP contribution in [0.25, 0.3) is 11.0 Å². The van der Waals surface area contributed by atoms with Crippen LogP contribution in [-0.2, 0) is 17.3 Å². The number of fused-ring (bicyclic) bond motifs is 1. The van der Waals surface area contributed by atoms with E-state index in [-0.39, 0.29) is 0 Å². The average molecular weight is 299 g/mol. The second-order valence-electron chi connectivity index (χ2n) is 4.79. The van der Waals surface area contributed by atoms with Crippen molar-refractivity contribution in [2.75, 3.05) is 24.6 Å². The number of hydrogen-bond acceptors (Lipinski definition) is 3. The Morgan fingerprint density at radius 1 is 1.25 bits per heavy atom. The van der Waals surface area contributed by atoms with Crippen molar-refractivity contribution >= 4 is 21.8 Å². The molecule has 0 atom stereocenters. The van der Waals surface area contributed by atoms with Crippen LogP contribution in [0, 0.1) is 0 Å². The Bertz CT molecular complexity index is 634. The van der Waals surface area contributed by atoms with Crippen LogP contribution >= 0.6 is 0 Å². The number of rotatable bonds is 3. The van der Waals surface area contributed by atoms with Gasteiger partial charge in [0.2, 0.25) is 0 Å². The van der Waals surface area contributed by atoms with Crippen LogP contribution in [0.5, 0.6) is 0 Å². The summed E-state index contributed by atoms with van der Waals surface area (Å²) in [5.41, 5.74) is 1.04. The summed E-state index contributed by atoms with van der Waals surface area (Å²) in [4.78, 5) is 6.34. The zero-order chi connectivity index (χ0) is 14.1. The van der Waals surface area contributed by atoms with Crippen molar-refractivity contribution in [2.45, 2.75) is 13.1 Å². The van der Waals surface area contributed by atoms with Crippen molar-refractivity contribution in [3.63, 3.8) is 0 Å². The van der Waals surface area contributed by atoms with Crippen molar-refractivity contribution in [3.05, 3.63) is 30.1 Å². The maximum atomic E-state index is 13.3. The molecule has 0 spiro atoms. The molecule has 1 aromatic carbocycles. The molecule has 1 aromatic heterocycles. The third kappa shape index (κ3) is 2.60. The largest absolute Gasteiger partial charge is 0.320 e. The summed E-state index contributed by atoms with van der Waals surface area (Å²) in [6, 6.07) is 6.92. The molecule has 1 aliphatic rings. The van der Waals surface area contributed by atoms with E-state index in [0.717, 1.165) is 4.57 Å². The molecule has 4 nitrogen and oxygen atoms in total. The lowest BCUT2D eigenvalue weighted by Crippen LogP contribution is -2.37. The number of imidazole rings is 1. The van der Waals surface area contributed by atoms with Crippen molar-refractivity contribution in [2.24, 2.45) is 0 Å². The maximum Gasteiger partial charge on any atom is 0.320 e. The van der Waals surface area contributed by atoms with Crippen LogP contribution in [0.1, 0.15) is 12.4 Å². The molecule has 7 heteroatoms. The molecule has 1 aliphatic heterocycles. The van der Waals surface area contributed by atoms with Gasteiger partial charge < -0.3 is 0 Å². The number of alkyl halides is 2. The van der Waals surface area contributed by atoms with E-state index in [4.69, 9.17) is 0 Å². The molecular formula is C13H15F2N3OS. The van der Waals surface area contributed by atoms with Crippen LogP contribution in [0.3, 0.4) is 0 Å². The highest BCUT2D eigenvalue weighted by molar-refractivity contribution is 7.85. The third-order valence-corrected chi connectivity index (χ3v) is 4.78. The zero-order valence-electron chi connectivity index (χ0n) is 10.8. The number of nitrogens with zero attached hydrogens (tertiary/aromatic N) is 3. The average Bonchev–Trinajstić information content (AvgIpc) is 2.79. The minimum atomic E-state index is -2.60. The fourth-order valence-corrected chi connectivity index (χ4v) is 3.59. The quantitative estimate of drug-likeness (QED) is 0.870. The third-order valence-electron chi connectivity index (χ3n) is 3.50. The predicted molar refractivity (Wildman–Crippen MR) is 74.1 cm³/mol. The molecule has 2 heterocycles. The van der Waals surface area contributed by atoms with Crippen molar-refractivity contribution in [1.82, 2.24) is 14.5 Å². The van der Waals surface area contributed by atoms with Gasteiger partial charge in [0.05, 0.1) is 17.6 Å². The zero-order valence-corrected chi connectivity index (χ0v) is 11.7. The van der Waals surface area contributed by atoms with Gasteiger partial charge in [0.25, 0.3) is 0 Å². The Morgan fingerprint density at radius 2 is 1.95 bits per heavy atom. The van der Waals surface area contributed by atoms with Gasteiger partial charge in [-0.25, -0.2) is 4.98 Å². The highest BCUT2D eigenvalue weighted by Gasteiger charge is 2.21. The van der Waals surface area contributed by atoms with Crippen LogP contribution in [0.2, 0.25) is 0 Å². The fraction of sp³-hybridized carbons (Fsp3) is 0.462. The summed E-state index contributed by atoms with van der Waals surface area (Å²) in [5, 5.41) is 0. The molecule has 20 heavy (non-hydrogen) atoms. The number of benzene rings is 1. The molecule has 0 amide bonds. The lowest BCUT2D eigenvalue weighted by molar-refractivity contribution is 0.0686. The maximum absolute atomic E-state index is 13.3. The van der Waals surface area contributed by atoms with Crippen LogP contribution in [-0.4, -0.2) is 43.3 Å². The van der Waals surface area contributed by atoms with Gasteiger partial charge in [0.1, 0.15) is 5.82 Å². The number of para-hydroxylation sites is 2. The van der Waals surface area contributed by atoms with Gasteiger partial charge in [-0.05, 0) is 12.1 Å². The first-order chi connectivity index (χ1) is 9.65. The van der Waals surface area contributed by atoms with E-state index in [1.54, 1.807) is 24.3 Å². The first-order valence-corrected chi connectivity index (χ1v) is 7.95. The van der Waals surface area contributed by atoms with Crippen LogP contribution < -0.4 is 0 Å². The molecule has 0 bridgehead atoms. The first kappa shape index (κ1) is 13.6. The summed E-state index contributed by atoms with van der Waals surface area (Å²) in [7, 11) is -0.765. The number of hydrogen-bond donors (Lipinski definition) is 0. The van der Waals surface area contributed by atoms with Crippen molar-refractivity contribution in [1.29, 1.82) is 0 Å². The van der Waals surface area contributed by atoms with Gasteiger partial charge in [-0.3, -0.25) is 13.7 Å². The molecule has 1 saturated heterocycles. The number of halogens is 2. The van der Waals surface area contributed by atoms with Gasteiger partial charge in [0, 0.05) is 35.4 Å². The van der Waals surface area contributed by atoms with Crippen LogP contribution in [0.4, 0.5) is 8.78 Å². The second kappa shape index (κ2) is 5.57. The molecule has 0 radical (unpaired) electrons. The molecule has 1 fully saturated rings. The highest BCUT2D eigenvalue weighted by atomic mass is 32.2. The Kier molecular flexibility index (Phi) is 3.80. The van der Waals surface area contributed by atoms with Gasteiger partial charge in [-0.15, -0.1) is 0 Å². The van der Waals surface area contributed by atoms with E-state index in [9.17, 15) is 13.0 Å². The Morgan fingerprint density at radius 3 is 2.65 bits per heavy atom. The second-order valence-corrected chi connectivity index (χ2v) is 6.48. The molecule has 3 rings (SSSR count). The molecule has 0 saturated carbocycles. The molecule has 108 valence electrons. The topological polar surface area (TPSA) is 38.1 Å². The summed E-state index contributed by atoms with van der Waals surface area (Å²) in [5.74, 6) is 1.58. The van der Waals surface area contributed by atoms with E-state index >= 15 is 0 Å². The van der Waals surface area contributed by atoms with Crippen molar-refractivity contribution < 1.29 is 13.0 Å². The van der Waals surface area contributed by atoms with Gasteiger partial charge in [-0.1, -0.05) is 12.1 Å². The summed E-state index contributed by atoms with van der Waals surface area (Å²) < 4.78 is 38.8. The standard InChI is InChI=1S/C13H15F2N3OS/c14-13(15)18-11-4-2-1-3-10(11)16-12(18)9-17-5-7-20(19)8-6-17/h1-4,13H,5-9H2. The Balaban J connectivity index is 1.90. The summed E-state index contributed by atoms with van der Waals surface area (Å²) >= 11 is 0. The molecular weight excluding hydrogens is 284 g/mol. The normalized spacial score (nSPS) is 18.1. The Labute approximate surface area is 117 Å². The summed E-state index contributed by atoms with van der Waals surface area (Å²) in [6.45, 7) is -0.898. The SMILES string of the molecule is O=S1CCN(Cc2nc3ccccc3n2C(F)F)CC1. The Hall–Kier alpha value is -1.34. The van der Waals surface area contributed by atoms with E-state index in [1.807, 2.05) is 4.90 Å². The minimum absolute atomic E-state index is 0.369. The minimum Gasteiger partial charge on any atom is -0.294 e. The lowest BCUT2D eigenvalue weighted by Gasteiger charge is -2.25. The van der Waals surface area contributed by atoms with Gasteiger partial charge in [0.15, 0.2) is 0 Å². The molecule has 0 unspecified atom stereocenters. The monoisotopic (exact) mass is 299 g/mol. The van der Waals surface area contributed by atoms with Gasteiger partial charge in [-0.2, -0.15) is 8.78 Å². The van der Waals surface area contributed by atoms with Gasteiger partial charge >= 0.3 is 6.55 Å². The lowest BCUT2D eigenvalue weighted by atomic mass is 10.3. The highest BCUT2D eigenvalue weighted by Crippen LogP contribution is 2.24. The van der Waals surface area contributed by atoms with E-state index < -0.39 is 17.3 Å². The first-order valence-electron chi connectivity index (χ1n) is 6.46. The number of aromatic nitrogens is 2.